The van der Waals surface area contributed by atoms with Crippen molar-refractivity contribution >= 4 is 33.4 Å². The fourth-order valence-corrected chi connectivity index (χ4v) is 4.14. The number of fused-ring (bicyclic) bond motifs is 1. The number of nitrogens with one attached hydrogen (secondary N) is 2. The normalized spacial score (nSPS) is 11.0. The molecule has 0 saturated heterocycles. The number of thiophene rings is 1. The molecule has 0 radical (unpaired) electrons. The molecule has 2 N–H and O–H groups in total. The van der Waals surface area contributed by atoms with E-state index in [4.69, 9.17) is 0 Å². The molecule has 4 aromatic rings. The predicted molar refractivity (Wildman–Crippen MR) is 119 cm³/mol. The Morgan fingerprint density at radius 1 is 1.16 bits per heavy atom. The fourth-order valence-electron chi connectivity index (χ4n) is 3.16. The smallest absolute Gasteiger partial charge is 0.262 e. The molecule has 1 amide bonds. The molecule has 0 atom stereocenters. The van der Waals surface area contributed by atoms with Crippen LogP contribution >= 0.6 is 11.3 Å². The Hall–Kier alpha value is -3.60. The minimum atomic E-state index is -0.144. The highest BCUT2D eigenvalue weighted by atomic mass is 32.1. The van der Waals surface area contributed by atoms with E-state index in [1.807, 2.05) is 44.2 Å². The van der Waals surface area contributed by atoms with Gasteiger partial charge in [0.25, 0.3) is 5.56 Å². The lowest BCUT2D eigenvalue weighted by Crippen LogP contribution is -2.31. The quantitative estimate of drug-likeness (QED) is 0.402. The lowest BCUT2D eigenvalue weighted by molar-refractivity contribution is -0.121. The Bertz CT molecular complexity index is 1260. The summed E-state index contributed by atoms with van der Waals surface area (Å²) in [4.78, 5) is 31.1. The average Bonchev–Trinajstić information content (AvgIpc) is 3.36. The Morgan fingerprint density at radius 3 is 2.77 bits per heavy atom. The Balaban J connectivity index is 1.27. The maximum absolute atomic E-state index is 12.7. The zero-order valence-corrected chi connectivity index (χ0v) is 18.0. The molecule has 0 unspecified atom stereocenters. The van der Waals surface area contributed by atoms with E-state index in [0.717, 1.165) is 21.0 Å². The van der Waals surface area contributed by atoms with Crippen LogP contribution in [-0.4, -0.2) is 48.8 Å². The van der Waals surface area contributed by atoms with E-state index in [2.05, 4.69) is 31.1 Å². The van der Waals surface area contributed by atoms with Gasteiger partial charge in [0.1, 0.15) is 4.83 Å². The molecule has 0 fully saturated rings. The number of rotatable bonds is 8. The number of amides is 1. The van der Waals surface area contributed by atoms with E-state index in [9.17, 15) is 9.59 Å². The SMILES string of the molecule is Cc1sc2ncn(CCC(=O)NCCNc3nnnn3-c3ccccc3)c(=O)c2c1C. The van der Waals surface area contributed by atoms with Gasteiger partial charge < -0.3 is 10.6 Å². The van der Waals surface area contributed by atoms with E-state index in [1.54, 1.807) is 4.68 Å². The van der Waals surface area contributed by atoms with Gasteiger partial charge in [0.2, 0.25) is 11.9 Å². The first-order chi connectivity index (χ1) is 15.0. The highest BCUT2D eigenvalue weighted by Crippen LogP contribution is 2.25. The zero-order chi connectivity index (χ0) is 21.8. The minimum absolute atomic E-state index is 0.103. The molecule has 0 aliphatic carbocycles. The van der Waals surface area contributed by atoms with Gasteiger partial charge in [0, 0.05) is 30.9 Å². The number of hydrogen-bond acceptors (Lipinski definition) is 8. The molecular formula is C20H22N8O2S. The van der Waals surface area contributed by atoms with Crippen LogP contribution in [0.25, 0.3) is 15.9 Å². The van der Waals surface area contributed by atoms with Crippen LogP contribution in [0.4, 0.5) is 5.95 Å². The summed E-state index contributed by atoms with van der Waals surface area (Å²) in [6.07, 6.45) is 1.70. The van der Waals surface area contributed by atoms with Crippen LogP contribution in [0.15, 0.2) is 41.5 Å². The van der Waals surface area contributed by atoms with E-state index < -0.39 is 0 Å². The molecule has 10 nitrogen and oxygen atoms in total. The number of aryl methyl sites for hydroxylation is 3. The summed E-state index contributed by atoms with van der Waals surface area (Å²) in [5, 5.41) is 18.2. The standard InChI is InChI=1S/C20H22N8O2S/c1-13-14(2)31-18-17(13)19(30)27(12-23-18)11-8-16(29)21-9-10-22-20-24-25-26-28(20)15-6-4-3-5-7-15/h3-7,12H,8-11H2,1-2H3,(H,21,29)(H,22,24,26). The number of para-hydroxylation sites is 1. The lowest BCUT2D eigenvalue weighted by atomic mass is 10.2. The number of benzene rings is 1. The third-order valence-electron chi connectivity index (χ3n) is 4.94. The highest BCUT2D eigenvalue weighted by Gasteiger charge is 2.13. The number of aromatic nitrogens is 6. The summed E-state index contributed by atoms with van der Waals surface area (Å²) >= 11 is 1.51. The zero-order valence-electron chi connectivity index (χ0n) is 17.2. The minimum Gasteiger partial charge on any atom is -0.354 e. The topological polar surface area (TPSA) is 120 Å². The van der Waals surface area contributed by atoms with Crippen molar-refractivity contribution in [3.63, 3.8) is 0 Å². The molecular weight excluding hydrogens is 416 g/mol. The first-order valence-corrected chi connectivity index (χ1v) is 10.7. The summed E-state index contributed by atoms with van der Waals surface area (Å²) in [6, 6.07) is 9.52. The maximum atomic E-state index is 12.7. The van der Waals surface area contributed by atoms with Gasteiger partial charge in [0.15, 0.2) is 0 Å². The molecule has 0 aliphatic rings. The highest BCUT2D eigenvalue weighted by molar-refractivity contribution is 7.18. The van der Waals surface area contributed by atoms with Crippen LogP contribution in [0.3, 0.4) is 0 Å². The number of hydrogen-bond donors (Lipinski definition) is 2. The second kappa shape index (κ2) is 9.04. The largest absolute Gasteiger partial charge is 0.354 e. The Labute approximate surface area is 181 Å². The van der Waals surface area contributed by atoms with Crippen LogP contribution in [0.2, 0.25) is 0 Å². The van der Waals surface area contributed by atoms with Crippen LogP contribution in [0.5, 0.6) is 0 Å². The van der Waals surface area contributed by atoms with Crippen molar-refractivity contribution in [3.8, 4) is 5.69 Å². The van der Waals surface area contributed by atoms with Crippen molar-refractivity contribution in [2.75, 3.05) is 18.4 Å². The monoisotopic (exact) mass is 438 g/mol. The number of anilines is 1. The summed E-state index contributed by atoms with van der Waals surface area (Å²) in [7, 11) is 0. The van der Waals surface area contributed by atoms with Crippen molar-refractivity contribution in [2.45, 2.75) is 26.8 Å². The maximum Gasteiger partial charge on any atom is 0.262 e. The second-order valence-electron chi connectivity index (χ2n) is 6.98. The number of carbonyl (C=O) groups is 1. The number of nitrogens with zero attached hydrogens (tertiary/aromatic N) is 6. The summed E-state index contributed by atoms with van der Waals surface area (Å²) in [6.45, 7) is 5.04. The molecule has 160 valence electrons. The number of carbonyl (C=O) groups excluding carboxylic acids is 1. The molecule has 11 heteroatoms. The van der Waals surface area contributed by atoms with Crippen LogP contribution < -0.4 is 16.2 Å². The van der Waals surface area contributed by atoms with Crippen molar-refractivity contribution in [1.82, 2.24) is 35.1 Å². The Kier molecular flexibility index (Phi) is 6.03. The van der Waals surface area contributed by atoms with E-state index in [1.165, 1.54) is 22.2 Å². The second-order valence-corrected chi connectivity index (χ2v) is 8.19. The molecule has 1 aromatic carbocycles. The van der Waals surface area contributed by atoms with Crippen molar-refractivity contribution in [1.29, 1.82) is 0 Å². The molecule has 0 aliphatic heterocycles. The van der Waals surface area contributed by atoms with Gasteiger partial charge in [-0.05, 0) is 42.0 Å². The van der Waals surface area contributed by atoms with Crippen LogP contribution in [0, 0.1) is 13.8 Å². The van der Waals surface area contributed by atoms with Crippen LogP contribution in [0.1, 0.15) is 16.9 Å². The molecule has 31 heavy (non-hydrogen) atoms. The molecule has 0 saturated carbocycles. The summed E-state index contributed by atoms with van der Waals surface area (Å²) in [5.74, 6) is 0.350. The third kappa shape index (κ3) is 4.45. The lowest BCUT2D eigenvalue weighted by Gasteiger charge is -2.09. The van der Waals surface area contributed by atoms with Crippen molar-refractivity contribution < 1.29 is 4.79 Å². The summed E-state index contributed by atoms with van der Waals surface area (Å²) in [5.41, 5.74) is 1.69. The van der Waals surface area contributed by atoms with E-state index >= 15 is 0 Å². The van der Waals surface area contributed by atoms with E-state index in [-0.39, 0.29) is 24.4 Å². The molecule has 3 aromatic heterocycles. The first-order valence-electron chi connectivity index (χ1n) is 9.84. The van der Waals surface area contributed by atoms with Gasteiger partial charge in [-0.3, -0.25) is 14.2 Å². The van der Waals surface area contributed by atoms with Gasteiger partial charge in [-0.15, -0.1) is 11.3 Å². The van der Waals surface area contributed by atoms with Crippen LogP contribution in [-0.2, 0) is 11.3 Å². The van der Waals surface area contributed by atoms with Crippen molar-refractivity contribution in [2.24, 2.45) is 0 Å². The van der Waals surface area contributed by atoms with Gasteiger partial charge in [0.05, 0.1) is 17.4 Å². The molecule has 0 bridgehead atoms. The van der Waals surface area contributed by atoms with Gasteiger partial charge in [-0.2, -0.15) is 4.68 Å². The number of tetrazole rings is 1. The van der Waals surface area contributed by atoms with Crippen molar-refractivity contribution in [3.05, 3.63) is 57.5 Å². The fraction of sp³-hybridized carbons (Fsp3) is 0.300. The average molecular weight is 439 g/mol. The molecule has 4 rings (SSSR count). The molecule has 3 heterocycles. The third-order valence-corrected chi connectivity index (χ3v) is 6.05. The predicted octanol–water partition coefficient (Wildman–Crippen LogP) is 1.67. The van der Waals surface area contributed by atoms with Gasteiger partial charge in [-0.1, -0.05) is 23.3 Å². The summed E-state index contributed by atoms with van der Waals surface area (Å²) < 4.78 is 3.08. The Morgan fingerprint density at radius 2 is 1.97 bits per heavy atom. The van der Waals surface area contributed by atoms with E-state index in [0.29, 0.717) is 24.4 Å². The first kappa shape index (κ1) is 20.7. The van der Waals surface area contributed by atoms with Gasteiger partial charge >= 0.3 is 0 Å². The van der Waals surface area contributed by atoms with Gasteiger partial charge in [-0.25, -0.2) is 4.98 Å². The molecule has 0 spiro atoms.